The molecule has 4 rings (SSSR count). The zero-order valence-electron chi connectivity index (χ0n) is 18.8. The summed E-state index contributed by atoms with van der Waals surface area (Å²) in [6.07, 6.45) is 4.78. The predicted octanol–water partition coefficient (Wildman–Crippen LogP) is 5.86. The van der Waals surface area contributed by atoms with Gasteiger partial charge in [0.15, 0.2) is 12.3 Å². The Balaban J connectivity index is 1.72. The predicted molar refractivity (Wildman–Crippen MR) is 134 cm³/mol. The van der Waals surface area contributed by atoms with E-state index in [-0.39, 0.29) is 12.2 Å². The van der Waals surface area contributed by atoms with Crippen LogP contribution in [-0.2, 0) is 16.7 Å². The van der Waals surface area contributed by atoms with Gasteiger partial charge in [-0.05, 0) is 49.2 Å². The van der Waals surface area contributed by atoms with Crippen molar-refractivity contribution in [2.24, 2.45) is 0 Å². The van der Waals surface area contributed by atoms with Crippen LogP contribution in [0.3, 0.4) is 0 Å². The van der Waals surface area contributed by atoms with Crippen LogP contribution in [0.1, 0.15) is 32.6 Å². The Bertz CT molecular complexity index is 1400. The summed E-state index contributed by atoms with van der Waals surface area (Å²) in [7, 11) is -4.06. The Kier molecular flexibility index (Phi) is 7.23. The number of halogens is 2. The first-order chi connectivity index (χ1) is 16.2. The molecule has 2 heterocycles. The number of benzene rings is 2. The summed E-state index contributed by atoms with van der Waals surface area (Å²) < 4.78 is 45.6. The van der Waals surface area contributed by atoms with E-state index in [0.29, 0.717) is 46.9 Å². The van der Waals surface area contributed by atoms with Crippen molar-refractivity contribution in [3.63, 3.8) is 0 Å². The molecule has 0 fully saturated rings. The molecule has 0 spiro atoms. The van der Waals surface area contributed by atoms with Gasteiger partial charge in [-0.2, -0.15) is 13.0 Å². The summed E-state index contributed by atoms with van der Waals surface area (Å²) in [4.78, 5) is 2.04. The maximum absolute atomic E-state index is 11.2. The maximum Gasteiger partial charge on any atom is 0.374 e. The SMILES string of the molecule is CCC(/C=C1\Oc2ccc(Cl)cc2N1CC)=C\c1oc2ccc(Cl)cc2[n+]1CCCS(=O)(=O)O. The summed E-state index contributed by atoms with van der Waals surface area (Å²) in [5.41, 5.74) is 3.22. The lowest BCUT2D eigenvalue weighted by Gasteiger charge is -2.16. The van der Waals surface area contributed by atoms with Crippen molar-refractivity contribution in [3.05, 3.63) is 69.9 Å². The highest BCUT2D eigenvalue weighted by molar-refractivity contribution is 7.85. The molecule has 3 aromatic rings. The molecule has 0 unspecified atom stereocenters. The highest BCUT2D eigenvalue weighted by Crippen LogP contribution is 2.40. The number of allylic oxidation sites excluding steroid dienone is 2. The number of fused-ring (bicyclic) bond motifs is 2. The minimum Gasteiger partial charge on any atom is -0.439 e. The van der Waals surface area contributed by atoms with Crippen LogP contribution in [0.25, 0.3) is 17.2 Å². The molecule has 0 aliphatic carbocycles. The molecular weight excluding hydrogens is 499 g/mol. The second-order valence-electron chi connectivity index (χ2n) is 7.86. The number of anilines is 1. The molecule has 180 valence electrons. The van der Waals surface area contributed by atoms with E-state index in [9.17, 15) is 8.42 Å². The highest BCUT2D eigenvalue weighted by Gasteiger charge is 2.26. The second-order valence-corrected chi connectivity index (χ2v) is 10.3. The lowest BCUT2D eigenvalue weighted by molar-refractivity contribution is -0.677. The minimum absolute atomic E-state index is 0.219. The molecular formula is C24H25Cl2N2O5S+. The van der Waals surface area contributed by atoms with E-state index >= 15 is 0 Å². The van der Waals surface area contributed by atoms with E-state index in [1.54, 1.807) is 24.3 Å². The van der Waals surface area contributed by atoms with Crippen molar-refractivity contribution >= 4 is 56.2 Å². The van der Waals surface area contributed by atoms with Gasteiger partial charge >= 0.3 is 5.89 Å². The largest absolute Gasteiger partial charge is 0.439 e. The fourth-order valence-corrected chi connectivity index (χ4v) is 4.71. The molecule has 1 aliphatic heterocycles. The summed E-state index contributed by atoms with van der Waals surface area (Å²) in [6, 6.07) is 10.8. The van der Waals surface area contributed by atoms with Gasteiger partial charge in [0.05, 0.1) is 17.5 Å². The number of hydrogen-bond acceptors (Lipinski definition) is 5. The van der Waals surface area contributed by atoms with Gasteiger partial charge in [-0.3, -0.25) is 4.55 Å². The molecule has 1 aliphatic rings. The average molecular weight is 524 g/mol. The number of oxazole rings is 1. The standard InChI is InChI=1S/C24H24Cl2N2O5S/c1-3-16(12-23-27(4-2)19-14-17(25)6-8-21(19)32-23)13-24-28(10-5-11-34(29,30)31)20-15-18(26)7-9-22(20)33-24/h6-9,12-15H,3-5,10-11H2,1-2H3/p+1. The van der Waals surface area contributed by atoms with Gasteiger partial charge in [0.1, 0.15) is 0 Å². The van der Waals surface area contributed by atoms with E-state index < -0.39 is 10.1 Å². The summed E-state index contributed by atoms with van der Waals surface area (Å²) in [6.45, 7) is 5.10. The topological polar surface area (TPSA) is 83.9 Å². The Morgan fingerprint density at radius 3 is 2.59 bits per heavy atom. The van der Waals surface area contributed by atoms with Crippen molar-refractivity contribution < 1.29 is 26.7 Å². The van der Waals surface area contributed by atoms with E-state index in [2.05, 4.69) is 0 Å². The third-order valence-electron chi connectivity index (χ3n) is 5.51. The zero-order valence-corrected chi connectivity index (χ0v) is 21.1. The first-order valence-corrected chi connectivity index (χ1v) is 13.3. The fraction of sp³-hybridized carbons (Fsp3) is 0.292. The summed E-state index contributed by atoms with van der Waals surface area (Å²) >= 11 is 12.4. The van der Waals surface area contributed by atoms with Gasteiger partial charge < -0.3 is 14.1 Å². The van der Waals surface area contributed by atoms with Crippen LogP contribution < -0.4 is 14.2 Å². The molecule has 7 nitrogen and oxygen atoms in total. The molecule has 0 atom stereocenters. The van der Waals surface area contributed by atoms with Crippen LogP contribution in [0.4, 0.5) is 5.69 Å². The minimum atomic E-state index is -4.06. The van der Waals surface area contributed by atoms with Gasteiger partial charge in [0.2, 0.25) is 11.5 Å². The molecule has 0 radical (unpaired) electrons. The van der Waals surface area contributed by atoms with Crippen molar-refractivity contribution in [1.82, 2.24) is 0 Å². The molecule has 0 amide bonds. The van der Waals surface area contributed by atoms with E-state index in [0.717, 1.165) is 22.5 Å². The van der Waals surface area contributed by atoms with Crippen molar-refractivity contribution in [2.75, 3.05) is 17.2 Å². The Hall–Kier alpha value is -2.52. The van der Waals surface area contributed by atoms with Gasteiger partial charge in [-0.1, -0.05) is 30.1 Å². The fourth-order valence-electron chi connectivity index (χ4n) is 3.89. The normalized spacial score (nSPS) is 15.3. The number of hydrogen-bond donors (Lipinski definition) is 1. The molecule has 1 N–H and O–H groups in total. The Morgan fingerprint density at radius 2 is 1.88 bits per heavy atom. The van der Waals surface area contributed by atoms with E-state index in [1.165, 1.54) is 0 Å². The zero-order chi connectivity index (χ0) is 24.5. The van der Waals surface area contributed by atoms with Crippen LogP contribution in [0.2, 0.25) is 10.0 Å². The quantitative estimate of drug-likeness (QED) is 0.294. The summed E-state index contributed by atoms with van der Waals surface area (Å²) in [5.74, 6) is 1.63. The van der Waals surface area contributed by atoms with Gasteiger partial charge in [-0.15, -0.1) is 0 Å². The third kappa shape index (κ3) is 5.41. The number of aryl methyl sites for hydroxylation is 1. The molecule has 1 aromatic heterocycles. The van der Waals surface area contributed by atoms with Crippen molar-refractivity contribution in [3.8, 4) is 5.75 Å². The first kappa shape index (κ1) is 24.6. The number of aromatic nitrogens is 1. The smallest absolute Gasteiger partial charge is 0.374 e. The van der Waals surface area contributed by atoms with Crippen LogP contribution in [0.5, 0.6) is 5.75 Å². The Labute approximate surface area is 208 Å². The maximum atomic E-state index is 11.2. The van der Waals surface area contributed by atoms with Crippen LogP contribution >= 0.6 is 23.2 Å². The number of rotatable bonds is 8. The third-order valence-corrected chi connectivity index (χ3v) is 6.79. The molecule has 34 heavy (non-hydrogen) atoms. The number of ether oxygens (including phenoxy) is 1. The molecule has 0 saturated carbocycles. The summed E-state index contributed by atoms with van der Waals surface area (Å²) in [5, 5.41) is 1.18. The van der Waals surface area contributed by atoms with Gasteiger partial charge in [0.25, 0.3) is 15.6 Å². The van der Waals surface area contributed by atoms with Crippen molar-refractivity contribution in [2.45, 2.75) is 33.2 Å². The van der Waals surface area contributed by atoms with Crippen LogP contribution in [-0.4, -0.2) is 25.3 Å². The molecule has 0 bridgehead atoms. The van der Waals surface area contributed by atoms with Gasteiger partial charge in [-0.25, -0.2) is 0 Å². The second kappa shape index (κ2) is 10.00. The van der Waals surface area contributed by atoms with Gasteiger partial charge in [0, 0.05) is 35.2 Å². The number of nitrogens with zero attached hydrogens (tertiary/aromatic N) is 2. The lowest BCUT2D eigenvalue weighted by atomic mass is 10.2. The van der Waals surface area contributed by atoms with E-state index in [4.69, 9.17) is 36.9 Å². The monoisotopic (exact) mass is 523 g/mol. The van der Waals surface area contributed by atoms with Crippen LogP contribution in [0, 0.1) is 0 Å². The average Bonchev–Trinajstić information content (AvgIpc) is 3.29. The molecule has 10 heteroatoms. The molecule has 2 aromatic carbocycles. The van der Waals surface area contributed by atoms with Crippen LogP contribution in [0.15, 0.2) is 58.3 Å². The highest BCUT2D eigenvalue weighted by atomic mass is 35.5. The van der Waals surface area contributed by atoms with Crippen molar-refractivity contribution in [1.29, 1.82) is 0 Å². The van der Waals surface area contributed by atoms with E-state index in [1.807, 2.05) is 47.6 Å². The lowest BCUT2D eigenvalue weighted by Crippen LogP contribution is -2.36. The first-order valence-electron chi connectivity index (χ1n) is 10.9. The Morgan fingerprint density at radius 1 is 1.15 bits per heavy atom. The molecule has 0 saturated heterocycles.